The Bertz CT molecular complexity index is 457. The smallest absolute Gasteiger partial charge is 0.0409 e. The number of rotatable bonds is 3. The molecule has 1 aliphatic heterocycles. The minimum Gasteiger partial charge on any atom is -0.321 e. The van der Waals surface area contributed by atoms with Crippen LogP contribution in [0.5, 0.6) is 0 Å². The van der Waals surface area contributed by atoms with Gasteiger partial charge in [-0.25, -0.2) is 0 Å². The van der Waals surface area contributed by atoms with Gasteiger partial charge < -0.3 is 10.6 Å². The van der Waals surface area contributed by atoms with Crippen molar-refractivity contribution in [3.05, 3.63) is 35.4 Å². The SMILES string of the molecule is CN1CCN(Cc2cccc(C3(N)CCCCC3)c2)CC1. The molecule has 21 heavy (non-hydrogen) atoms. The molecule has 1 saturated carbocycles. The first-order valence-corrected chi connectivity index (χ1v) is 8.45. The van der Waals surface area contributed by atoms with Gasteiger partial charge >= 0.3 is 0 Å². The minimum atomic E-state index is -0.0730. The second kappa shape index (κ2) is 6.47. The third-order valence-electron chi connectivity index (χ3n) is 5.25. The van der Waals surface area contributed by atoms with E-state index in [9.17, 15) is 0 Å². The molecule has 0 aromatic heterocycles. The molecule has 3 heteroatoms. The van der Waals surface area contributed by atoms with E-state index in [0.29, 0.717) is 0 Å². The highest BCUT2D eigenvalue weighted by molar-refractivity contribution is 5.30. The molecule has 0 unspecified atom stereocenters. The molecule has 0 atom stereocenters. The maximum Gasteiger partial charge on any atom is 0.0409 e. The van der Waals surface area contributed by atoms with E-state index < -0.39 is 0 Å². The zero-order valence-corrected chi connectivity index (χ0v) is 13.4. The average molecular weight is 287 g/mol. The fourth-order valence-corrected chi connectivity index (χ4v) is 3.71. The first kappa shape index (κ1) is 15.0. The van der Waals surface area contributed by atoms with Gasteiger partial charge in [-0.3, -0.25) is 4.90 Å². The fourth-order valence-electron chi connectivity index (χ4n) is 3.71. The van der Waals surface area contributed by atoms with Gasteiger partial charge in [0, 0.05) is 38.3 Å². The molecule has 0 amide bonds. The lowest BCUT2D eigenvalue weighted by atomic mass is 9.77. The highest BCUT2D eigenvalue weighted by Crippen LogP contribution is 2.35. The molecular weight excluding hydrogens is 258 g/mol. The van der Waals surface area contributed by atoms with E-state index in [1.807, 2.05) is 0 Å². The zero-order valence-electron chi connectivity index (χ0n) is 13.4. The molecule has 2 aliphatic rings. The molecule has 1 saturated heterocycles. The Balaban J connectivity index is 1.68. The van der Waals surface area contributed by atoms with Crippen LogP contribution < -0.4 is 5.73 Å². The van der Waals surface area contributed by atoms with Gasteiger partial charge in [-0.1, -0.05) is 43.5 Å². The van der Waals surface area contributed by atoms with E-state index >= 15 is 0 Å². The Morgan fingerprint density at radius 1 is 1.05 bits per heavy atom. The molecule has 0 spiro atoms. The molecule has 2 fully saturated rings. The number of nitrogens with zero attached hydrogens (tertiary/aromatic N) is 2. The van der Waals surface area contributed by atoms with Crippen LogP contribution in [0.1, 0.15) is 43.2 Å². The first-order chi connectivity index (χ1) is 10.2. The molecule has 3 rings (SSSR count). The molecule has 1 aliphatic carbocycles. The van der Waals surface area contributed by atoms with Crippen LogP contribution in [0.15, 0.2) is 24.3 Å². The highest BCUT2D eigenvalue weighted by Gasteiger charge is 2.29. The summed E-state index contributed by atoms with van der Waals surface area (Å²) < 4.78 is 0. The van der Waals surface area contributed by atoms with E-state index in [4.69, 9.17) is 5.73 Å². The maximum absolute atomic E-state index is 6.68. The molecule has 0 bridgehead atoms. The number of benzene rings is 1. The number of nitrogens with two attached hydrogens (primary N) is 1. The predicted octanol–water partition coefficient (Wildman–Crippen LogP) is 2.55. The van der Waals surface area contributed by atoms with Gasteiger partial charge in [-0.05, 0) is 31.0 Å². The molecule has 1 heterocycles. The second-order valence-electron chi connectivity index (χ2n) is 7.00. The Labute approximate surface area is 129 Å². The summed E-state index contributed by atoms with van der Waals surface area (Å²) >= 11 is 0. The van der Waals surface area contributed by atoms with Crippen LogP contribution in [-0.2, 0) is 12.1 Å². The maximum atomic E-state index is 6.68. The van der Waals surface area contributed by atoms with Gasteiger partial charge in [0.05, 0.1) is 0 Å². The highest BCUT2D eigenvalue weighted by atomic mass is 15.2. The fraction of sp³-hybridized carbons (Fsp3) is 0.667. The van der Waals surface area contributed by atoms with E-state index in [2.05, 4.69) is 41.1 Å². The van der Waals surface area contributed by atoms with Gasteiger partial charge in [0.25, 0.3) is 0 Å². The van der Waals surface area contributed by atoms with Crippen molar-refractivity contribution in [2.45, 2.75) is 44.2 Å². The quantitative estimate of drug-likeness (QED) is 0.927. The number of hydrogen-bond acceptors (Lipinski definition) is 3. The Kier molecular flexibility index (Phi) is 4.63. The average Bonchev–Trinajstić information content (AvgIpc) is 2.51. The lowest BCUT2D eigenvalue weighted by Gasteiger charge is -2.35. The van der Waals surface area contributed by atoms with Gasteiger partial charge in [0.2, 0.25) is 0 Å². The molecule has 2 N–H and O–H groups in total. The van der Waals surface area contributed by atoms with Gasteiger partial charge in [0.1, 0.15) is 0 Å². The lowest BCUT2D eigenvalue weighted by Crippen LogP contribution is -2.44. The monoisotopic (exact) mass is 287 g/mol. The van der Waals surface area contributed by atoms with Crippen LogP contribution >= 0.6 is 0 Å². The van der Waals surface area contributed by atoms with Gasteiger partial charge in [-0.2, -0.15) is 0 Å². The Hall–Kier alpha value is -0.900. The van der Waals surface area contributed by atoms with E-state index in [1.54, 1.807) is 0 Å². The summed E-state index contributed by atoms with van der Waals surface area (Å²) in [6, 6.07) is 9.06. The minimum absolute atomic E-state index is 0.0730. The number of piperazine rings is 1. The molecule has 0 radical (unpaired) electrons. The summed E-state index contributed by atoms with van der Waals surface area (Å²) in [6.45, 7) is 5.78. The standard InChI is InChI=1S/C18H29N3/c1-20-10-12-21(13-11-20)15-16-6-5-7-17(14-16)18(19)8-3-2-4-9-18/h5-7,14H,2-4,8-13,15,19H2,1H3. The number of likely N-dealkylation sites (N-methyl/N-ethyl adjacent to an activating group) is 1. The van der Waals surface area contributed by atoms with E-state index in [-0.39, 0.29) is 5.54 Å². The summed E-state index contributed by atoms with van der Waals surface area (Å²) in [4.78, 5) is 4.97. The molecular formula is C18H29N3. The summed E-state index contributed by atoms with van der Waals surface area (Å²) in [7, 11) is 2.21. The van der Waals surface area contributed by atoms with Crippen molar-refractivity contribution in [3.63, 3.8) is 0 Å². The third kappa shape index (κ3) is 3.65. The van der Waals surface area contributed by atoms with Gasteiger partial charge in [0.15, 0.2) is 0 Å². The normalized spacial score (nSPS) is 24.1. The first-order valence-electron chi connectivity index (χ1n) is 8.45. The molecule has 116 valence electrons. The van der Waals surface area contributed by atoms with Crippen LogP contribution in [0.3, 0.4) is 0 Å². The summed E-state index contributed by atoms with van der Waals surface area (Å²) in [6.07, 6.45) is 6.19. The van der Waals surface area contributed by atoms with Crippen LogP contribution in [0.2, 0.25) is 0 Å². The lowest BCUT2D eigenvalue weighted by molar-refractivity contribution is 0.148. The Morgan fingerprint density at radius 2 is 1.76 bits per heavy atom. The third-order valence-corrected chi connectivity index (χ3v) is 5.25. The van der Waals surface area contributed by atoms with Crippen molar-refractivity contribution in [1.82, 2.24) is 9.80 Å². The van der Waals surface area contributed by atoms with Crippen molar-refractivity contribution in [1.29, 1.82) is 0 Å². The van der Waals surface area contributed by atoms with E-state index in [0.717, 1.165) is 19.4 Å². The van der Waals surface area contributed by atoms with Crippen LogP contribution in [-0.4, -0.2) is 43.0 Å². The van der Waals surface area contributed by atoms with Crippen molar-refractivity contribution < 1.29 is 0 Å². The summed E-state index contributed by atoms with van der Waals surface area (Å²) in [5, 5.41) is 0. The predicted molar refractivity (Wildman–Crippen MR) is 88.2 cm³/mol. The van der Waals surface area contributed by atoms with Gasteiger partial charge in [-0.15, -0.1) is 0 Å². The van der Waals surface area contributed by atoms with Crippen molar-refractivity contribution >= 4 is 0 Å². The molecule has 3 nitrogen and oxygen atoms in total. The van der Waals surface area contributed by atoms with Crippen LogP contribution in [0, 0.1) is 0 Å². The Morgan fingerprint density at radius 3 is 2.48 bits per heavy atom. The summed E-state index contributed by atoms with van der Waals surface area (Å²) in [5.41, 5.74) is 9.39. The number of hydrogen-bond donors (Lipinski definition) is 1. The zero-order chi connectivity index (χ0) is 14.7. The molecule has 1 aromatic rings. The topological polar surface area (TPSA) is 32.5 Å². The molecule has 1 aromatic carbocycles. The van der Waals surface area contributed by atoms with Crippen molar-refractivity contribution in [3.8, 4) is 0 Å². The van der Waals surface area contributed by atoms with Crippen molar-refractivity contribution in [2.75, 3.05) is 33.2 Å². The van der Waals surface area contributed by atoms with Crippen LogP contribution in [0.4, 0.5) is 0 Å². The second-order valence-corrected chi connectivity index (χ2v) is 7.00. The summed E-state index contributed by atoms with van der Waals surface area (Å²) in [5.74, 6) is 0. The van der Waals surface area contributed by atoms with Crippen molar-refractivity contribution in [2.24, 2.45) is 5.73 Å². The van der Waals surface area contributed by atoms with E-state index in [1.165, 1.54) is 56.6 Å². The van der Waals surface area contributed by atoms with Crippen LogP contribution in [0.25, 0.3) is 0 Å². The largest absolute Gasteiger partial charge is 0.321 e.